The van der Waals surface area contributed by atoms with Crippen molar-refractivity contribution in [2.24, 2.45) is 11.8 Å². The lowest BCUT2D eigenvalue weighted by Gasteiger charge is -2.49. The number of hydrogen-bond acceptors (Lipinski definition) is 8. The standard InChI is InChI=1S/C27H30Cl2FN5O3/c28-19-2-3-20(25(30)24(19)29)34-27-18-11-23(38-26-16-10-17(26)14-31-13-16)22(12-21(18)32-15-33-27)37-7-1-4-35-5-8-36-9-6-35/h2-3,11-12,15-17,26,31H,1,4-10,13-14H2,(H,32,33,34)/t16-,17+,26+. The lowest BCUT2D eigenvalue weighted by Crippen LogP contribution is -2.59. The third kappa shape index (κ3) is 5.35. The molecule has 0 unspecified atom stereocenters. The minimum absolute atomic E-state index is 0.137. The highest BCUT2D eigenvalue weighted by Crippen LogP contribution is 2.43. The van der Waals surface area contributed by atoms with E-state index in [1.165, 1.54) is 18.8 Å². The molecule has 2 saturated heterocycles. The Morgan fingerprint density at radius 2 is 1.92 bits per heavy atom. The van der Waals surface area contributed by atoms with Gasteiger partial charge < -0.3 is 24.8 Å². The number of ether oxygens (including phenoxy) is 3. The van der Waals surface area contributed by atoms with E-state index in [4.69, 9.17) is 37.4 Å². The summed E-state index contributed by atoms with van der Waals surface area (Å²) < 4.78 is 33.1. The molecule has 1 aromatic heterocycles. The molecule has 0 radical (unpaired) electrons. The smallest absolute Gasteiger partial charge is 0.166 e. The number of hydrogen-bond donors (Lipinski definition) is 2. The summed E-state index contributed by atoms with van der Waals surface area (Å²) in [6.07, 6.45) is 3.64. The summed E-state index contributed by atoms with van der Waals surface area (Å²) in [6.45, 7) is 6.90. The molecular weight excluding hydrogens is 532 g/mol. The lowest BCUT2D eigenvalue weighted by atomic mass is 9.69. The van der Waals surface area contributed by atoms with Crippen molar-refractivity contribution < 1.29 is 18.6 Å². The summed E-state index contributed by atoms with van der Waals surface area (Å²) in [4.78, 5) is 11.2. The van der Waals surface area contributed by atoms with Crippen LogP contribution in [0.4, 0.5) is 15.9 Å². The van der Waals surface area contributed by atoms with Crippen molar-refractivity contribution in [1.82, 2.24) is 20.2 Å². The molecule has 0 spiro atoms. The molecule has 202 valence electrons. The molecule has 1 aliphatic carbocycles. The molecule has 3 aromatic rings. The van der Waals surface area contributed by atoms with Gasteiger partial charge in [0.05, 0.1) is 41.1 Å². The van der Waals surface area contributed by atoms with Gasteiger partial charge in [-0.1, -0.05) is 23.2 Å². The van der Waals surface area contributed by atoms with Crippen LogP contribution in [0.2, 0.25) is 10.0 Å². The molecule has 11 heteroatoms. The number of halogens is 3. The Morgan fingerprint density at radius 1 is 1.11 bits per heavy atom. The van der Waals surface area contributed by atoms with Crippen molar-refractivity contribution in [2.45, 2.75) is 18.9 Å². The molecular formula is C27H30Cl2FN5O3. The molecule has 2 aromatic carbocycles. The molecule has 3 heterocycles. The summed E-state index contributed by atoms with van der Waals surface area (Å²) in [7, 11) is 0. The van der Waals surface area contributed by atoms with Crippen LogP contribution in [0.5, 0.6) is 11.5 Å². The first kappa shape index (κ1) is 25.8. The monoisotopic (exact) mass is 561 g/mol. The van der Waals surface area contributed by atoms with Crippen LogP contribution in [0.25, 0.3) is 10.9 Å². The Kier molecular flexibility index (Phi) is 7.72. The zero-order chi connectivity index (χ0) is 26.1. The first-order valence-corrected chi connectivity index (χ1v) is 13.8. The van der Waals surface area contributed by atoms with E-state index in [0.717, 1.165) is 52.4 Å². The van der Waals surface area contributed by atoms with E-state index in [1.54, 1.807) is 6.07 Å². The van der Waals surface area contributed by atoms with Crippen molar-refractivity contribution >= 4 is 45.6 Å². The van der Waals surface area contributed by atoms with Gasteiger partial charge in [0.2, 0.25) is 0 Å². The lowest BCUT2D eigenvalue weighted by molar-refractivity contribution is -0.0458. The van der Waals surface area contributed by atoms with Crippen LogP contribution in [0.3, 0.4) is 0 Å². The maximum atomic E-state index is 14.8. The van der Waals surface area contributed by atoms with Gasteiger partial charge >= 0.3 is 0 Å². The van der Waals surface area contributed by atoms with Crippen molar-refractivity contribution in [2.75, 3.05) is 57.9 Å². The second kappa shape index (κ2) is 11.4. The fourth-order valence-electron chi connectivity index (χ4n) is 5.45. The second-order valence-corrected chi connectivity index (χ2v) is 10.8. The Balaban J connectivity index is 1.26. The number of aromatic nitrogens is 2. The average Bonchev–Trinajstić information content (AvgIpc) is 2.95. The zero-order valence-corrected chi connectivity index (χ0v) is 22.4. The first-order chi connectivity index (χ1) is 18.6. The number of fused-ring (bicyclic) bond motifs is 3. The second-order valence-electron chi connectivity index (χ2n) is 10.0. The highest BCUT2D eigenvalue weighted by atomic mass is 35.5. The molecule has 6 rings (SSSR count). The summed E-state index contributed by atoms with van der Waals surface area (Å²) >= 11 is 12.0. The number of morpholine rings is 1. The van der Waals surface area contributed by atoms with E-state index in [0.29, 0.717) is 46.7 Å². The Labute approximate surface area is 230 Å². The van der Waals surface area contributed by atoms with E-state index in [1.807, 2.05) is 12.1 Å². The predicted molar refractivity (Wildman–Crippen MR) is 145 cm³/mol. The van der Waals surface area contributed by atoms with Crippen LogP contribution in [-0.4, -0.2) is 73.5 Å². The number of piperidine rings is 2. The molecule has 2 aliphatic heterocycles. The van der Waals surface area contributed by atoms with E-state index in [-0.39, 0.29) is 21.8 Å². The summed E-state index contributed by atoms with van der Waals surface area (Å²) in [5, 5.41) is 7.20. The molecule has 2 N–H and O–H groups in total. The summed E-state index contributed by atoms with van der Waals surface area (Å²) in [5.74, 6) is 2.06. The Morgan fingerprint density at radius 3 is 2.71 bits per heavy atom. The minimum atomic E-state index is -0.641. The van der Waals surface area contributed by atoms with Crippen molar-refractivity contribution in [3.8, 4) is 11.5 Å². The highest BCUT2D eigenvalue weighted by Gasteiger charge is 2.45. The van der Waals surface area contributed by atoms with E-state index in [2.05, 4.69) is 25.5 Å². The summed E-state index contributed by atoms with van der Waals surface area (Å²) in [5.41, 5.74) is 0.832. The predicted octanol–water partition coefficient (Wildman–Crippen LogP) is 4.91. The first-order valence-electron chi connectivity index (χ1n) is 13.1. The minimum Gasteiger partial charge on any atom is -0.490 e. The van der Waals surface area contributed by atoms with Crippen LogP contribution >= 0.6 is 23.2 Å². The molecule has 1 saturated carbocycles. The Hall–Kier alpha value is -2.43. The van der Waals surface area contributed by atoms with E-state index in [9.17, 15) is 4.39 Å². The maximum Gasteiger partial charge on any atom is 0.166 e. The molecule has 3 atom stereocenters. The van der Waals surface area contributed by atoms with E-state index >= 15 is 0 Å². The summed E-state index contributed by atoms with van der Waals surface area (Å²) in [6, 6.07) is 6.85. The normalized spacial score (nSPS) is 23.2. The van der Waals surface area contributed by atoms with Crippen molar-refractivity contribution in [1.29, 1.82) is 0 Å². The molecule has 8 nitrogen and oxygen atoms in total. The molecule has 0 amide bonds. The van der Waals surface area contributed by atoms with E-state index < -0.39 is 5.82 Å². The maximum absolute atomic E-state index is 14.8. The van der Waals surface area contributed by atoms with Gasteiger partial charge in [-0.2, -0.15) is 0 Å². The van der Waals surface area contributed by atoms with Crippen LogP contribution in [0.1, 0.15) is 12.8 Å². The van der Waals surface area contributed by atoms with Crippen LogP contribution in [0, 0.1) is 17.7 Å². The van der Waals surface area contributed by atoms with Crippen LogP contribution in [0.15, 0.2) is 30.6 Å². The van der Waals surface area contributed by atoms with Crippen LogP contribution in [-0.2, 0) is 4.74 Å². The third-order valence-corrected chi connectivity index (χ3v) is 8.36. The fraction of sp³-hybridized carbons (Fsp3) is 0.481. The molecule has 2 bridgehead atoms. The van der Waals surface area contributed by atoms with Gasteiger partial charge in [0, 0.05) is 56.0 Å². The fourth-order valence-corrected chi connectivity index (χ4v) is 5.76. The molecule has 3 aliphatic rings. The van der Waals surface area contributed by atoms with Gasteiger partial charge in [-0.15, -0.1) is 0 Å². The van der Waals surface area contributed by atoms with Crippen molar-refractivity contribution in [3.05, 3.63) is 46.5 Å². The number of rotatable bonds is 9. The highest BCUT2D eigenvalue weighted by molar-refractivity contribution is 6.42. The number of nitrogens with zero attached hydrogens (tertiary/aromatic N) is 3. The molecule has 38 heavy (non-hydrogen) atoms. The van der Waals surface area contributed by atoms with Gasteiger partial charge in [-0.25, -0.2) is 14.4 Å². The van der Waals surface area contributed by atoms with Gasteiger partial charge in [0.25, 0.3) is 0 Å². The zero-order valence-electron chi connectivity index (χ0n) is 20.9. The average molecular weight is 562 g/mol. The van der Waals surface area contributed by atoms with Gasteiger partial charge in [-0.05, 0) is 31.0 Å². The SMILES string of the molecule is Fc1c(Nc2ncnc3cc(OCCCN4CCOCC4)c(O[C@@H]4[C@@H]5CNC[C@H]4C5)cc23)ccc(Cl)c1Cl. The third-order valence-electron chi connectivity index (χ3n) is 7.58. The largest absolute Gasteiger partial charge is 0.490 e. The Bertz CT molecular complexity index is 1300. The quantitative estimate of drug-likeness (QED) is 0.282. The molecule has 3 fully saturated rings. The topological polar surface area (TPSA) is 80.8 Å². The van der Waals surface area contributed by atoms with Gasteiger partial charge in [0.15, 0.2) is 17.3 Å². The van der Waals surface area contributed by atoms with Crippen molar-refractivity contribution in [3.63, 3.8) is 0 Å². The number of anilines is 2. The number of nitrogens with one attached hydrogen (secondary N) is 2. The number of benzene rings is 2. The van der Waals surface area contributed by atoms with Gasteiger partial charge in [-0.3, -0.25) is 4.90 Å². The van der Waals surface area contributed by atoms with Crippen LogP contribution < -0.4 is 20.1 Å². The van der Waals surface area contributed by atoms with Gasteiger partial charge in [0.1, 0.15) is 18.2 Å².